The third-order valence-electron chi connectivity index (χ3n) is 2.89. The molecule has 4 heteroatoms. The molecule has 3 N–H and O–H groups in total. The Morgan fingerprint density at radius 1 is 1.67 bits per heavy atom. The molecule has 0 spiro atoms. The molecule has 1 saturated heterocycles. The van der Waals surface area contributed by atoms with Crippen LogP contribution in [0, 0.1) is 5.92 Å². The first-order valence-electron chi connectivity index (χ1n) is 5.32. The second-order valence-electron chi connectivity index (χ2n) is 3.99. The fourth-order valence-corrected chi connectivity index (χ4v) is 1.85. The Kier molecular flexibility index (Phi) is 3.06. The van der Waals surface area contributed by atoms with E-state index in [4.69, 9.17) is 10.5 Å². The first-order valence-corrected chi connectivity index (χ1v) is 5.32. The second kappa shape index (κ2) is 4.49. The molecule has 2 atom stereocenters. The molecule has 0 bridgehead atoms. The molecule has 1 aromatic heterocycles. The third-order valence-corrected chi connectivity index (χ3v) is 2.89. The van der Waals surface area contributed by atoms with Gasteiger partial charge in [-0.3, -0.25) is 0 Å². The summed E-state index contributed by atoms with van der Waals surface area (Å²) < 4.78 is 5.36. The van der Waals surface area contributed by atoms with E-state index in [1.807, 2.05) is 12.1 Å². The van der Waals surface area contributed by atoms with E-state index in [1.54, 1.807) is 6.20 Å². The highest BCUT2D eigenvalue weighted by molar-refractivity contribution is 5.61. The van der Waals surface area contributed by atoms with Crippen molar-refractivity contribution in [1.82, 2.24) is 4.98 Å². The first kappa shape index (κ1) is 10.2. The Morgan fingerprint density at radius 2 is 2.53 bits per heavy atom. The van der Waals surface area contributed by atoms with E-state index in [-0.39, 0.29) is 0 Å². The average molecular weight is 207 g/mol. The summed E-state index contributed by atoms with van der Waals surface area (Å²) in [7, 11) is 0. The molecule has 0 aliphatic carbocycles. The van der Waals surface area contributed by atoms with Gasteiger partial charge in [-0.1, -0.05) is 0 Å². The van der Waals surface area contributed by atoms with E-state index < -0.39 is 0 Å². The Bertz CT molecular complexity index is 323. The molecule has 2 unspecified atom stereocenters. The van der Waals surface area contributed by atoms with Gasteiger partial charge in [0.05, 0.1) is 12.3 Å². The van der Waals surface area contributed by atoms with Crippen molar-refractivity contribution >= 4 is 11.5 Å². The maximum atomic E-state index is 5.76. The zero-order chi connectivity index (χ0) is 10.7. The summed E-state index contributed by atoms with van der Waals surface area (Å²) in [6.45, 7) is 3.87. The number of aromatic nitrogens is 1. The predicted octanol–water partition coefficient (Wildman–Crippen LogP) is 1.50. The minimum atomic E-state index is 0.374. The number of anilines is 2. The minimum Gasteiger partial charge on any atom is -0.382 e. The summed E-state index contributed by atoms with van der Waals surface area (Å²) in [5, 5.41) is 3.38. The summed E-state index contributed by atoms with van der Waals surface area (Å²) in [6.07, 6.45) is 2.82. The summed E-state index contributed by atoms with van der Waals surface area (Å²) in [5.74, 6) is 1.13. The van der Waals surface area contributed by atoms with Crippen LogP contribution in [0.3, 0.4) is 0 Å². The SMILES string of the molecule is CC(Nc1cccnc1N)C1CCOC1. The topological polar surface area (TPSA) is 60.2 Å². The van der Waals surface area contributed by atoms with Crippen molar-refractivity contribution in [3.05, 3.63) is 18.3 Å². The smallest absolute Gasteiger partial charge is 0.146 e. The van der Waals surface area contributed by atoms with E-state index in [2.05, 4.69) is 17.2 Å². The van der Waals surface area contributed by atoms with Crippen LogP contribution >= 0.6 is 0 Å². The normalized spacial score (nSPS) is 22.6. The van der Waals surface area contributed by atoms with Crippen LogP contribution in [0.5, 0.6) is 0 Å². The van der Waals surface area contributed by atoms with Gasteiger partial charge >= 0.3 is 0 Å². The van der Waals surface area contributed by atoms with E-state index >= 15 is 0 Å². The Hall–Kier alpha value is -1.29. The largest absolute Gasteiger partial charge is 0.382 e. The monoisotopic (exact) mass is 207 g/mol. The first-order chi connectivity index (χ1) is 7.27. The molecule has 0 radical (unpaired) electrons. The number of hydrogen-bond donors (Lipinski definition) is 2. The Balaban J connectivity index is 1.99. The van der Waals surface area contributed by atoms with Crippen molar-refractivity contribution < 1.29 is 4.74 Å². The van der Waals surface area contributed by atoms with Gasteiger partial charge in [0.1, 0.15) is 5.82 Å². The molecule has 15 heavy (non-hydrogen) atoms. The molecule has 1 aliphatic heterocycles. The zero-order valence-corrected chi connectivity index (χ0v) is 8.94. The Morgan fingerprint density at radius 3 is 3.20 bits per heavy atom. The van der Waals surface area contributed by atoms with E-state index in [9.17, 15) is 0 Å². The van der Waals surface area contributed by atoms with Crippen LogP contribution in [0.4, 0.5) is 11.5 Å². The van der Waals surface area contributed by atoms with Gasteiger partial charge in [0.25, 0.3) is 0 Å². The molecular formula is C11H17N3O. The number of nitrogens with zero attached hydrogens (tertiary/aromatic N) is 1. The highest BCUT2D eigenvalue weighted by atomic mass is 16.5. The lowest BCUT2D eigenvalue weighted by Crippen LogP contribution is -2.26. The number of nitrogens with one attached hydrogen (secondary N) is 1. The summed E-state index contributed by atoms with van der Waals surface area (Å²) in [6, 6.07) is 4.21. The molecule has 0 saturated carbocycles. The lowest BCUT2D eigenvalue weighted by Gasteiger charge is -2.20. The molecule has 82 valence electrons. The van der Waals surface area contributed by atoms with Crippen molar-refractivity contribution in [2.75, 3.05) is 24.3 Å². The van der Waals surface area contributed by atoms with Crippen LogP contribution in [0.15, 0.2) is 18.3 Å². The predicted molar refractivity (Wildman–Crippen MR) is 60.7 cm³/mol. The molecular weight excluding hydrogens is 190 g/mol. The van der Waals surface area contributed by atoms with Crippen LogP contribution in [0.1, 0.15) is 13.3 Å². The van der Waals surface area contributed by atoms with E-state index in [1.165, 1.54) is 0 Å². The summed E-state index contributed by atoms with van der Waals surface area (Å²) in [5.41, 5.74) is 6.68. The standard InChI is InChI=1S/C11H17N3O/c1-8(9-4-6-15-7-9)14-10-3-2-5-13-11(10)12/h2-3,5,8-9,14H,4,6-7H2,1H3,(H2,12,13). The molecule has 2 rings (SSSR count). The molecule has 1 aromatic rings. The van der Waals surface area contributed by atoms with Crippen molar-refractivity contribution in [3.8, 4) is 0 Å². The quantitative estimate of drug-likeness (QED) is 0.788. The molecule has 0 aromatic carbocycles. The third kappa shape index (κ3) is 2.39. The van der Waals surface area contributed by atoms with Gasteiger partial charge in [0, 0.05) is 24.8 Å². The summed E-state index contributed by atoms with van der Waals surface area (Å²) >= 11 is 0. The van der Waals surface area contributed by atoms with Crippen molar-refractivity contribution in [2.45, 2.75) is 19.4 Å². The minimum absolute atomic E-state index is 0.374. The van der Waals surface area contributed by atoms with Crippen LogP contribution < -0.4 is 11.1 Å². The van der Waals surface area contributed by atoms with Gasteiger partial charge in [0.15, 0.2) is 0 Å². The number of pyridine rings is 1. The maximum Gasteiger partial charge on any atom is 0.146 e. The van der Waals surface area contributed by atoms with Crippen LogP contribution in [-0.4, -0.2) is 24.2 Å². The summed E-state index contributed by atoms with van der Waals surface area (Å²) in [4.78, 5) is 4.04. The fraction of sp³-hybridized carbons (Fsp3) is 0.545. The number of ether oxygens (including phenoxy) is 1. The number of hydrogen-bond acceptors (Lipinski definition) is 4. The van der Waals surface area contributed by atoms with Gasteiger partial charge < -0.3 is 15.8 Å². The molecule has 4 nitrogen and oxygen atoms in total. The highest BCUT2D eigenvalue weighted by Crippen LogP contribution is 2.22. The van der Waals surface area contributed by atoms with Crippen molar-refractivity contribution in [1.29, 1.82) is 0 Å². The van der Waals surface area contributed by atoms with E-state index in [0.29, 0.717) is 17.8 Å². The van der Waals surface area contributed by atoms with Crippen molar-refractivity contribution in [2.24, 2.45) is 5.92 Å². The highest BCUT2D eigenvalue weighted by Gasteiger charge is 2.22. The van der Waals surface area contributed by atoms with Crippen molar-refractivity contribution in [3.63, 3.8) is 0 Å². The Labute approximate surface area is 89.8 Å². The number of nitrogen functional groups attached to an aromatic ring is 1. The maximum absolute atomic E-state index is 5.76. The van der Waals surface area contributed by atoms with Crippen LogP contribution in [0.25, 0.3) is 0 Å². The van der Waals surface area contributed by atoms with Crippen LogP contribution in [-0.2, 0) is 4.74 Å². The van der Waals surface area contributed by atoms with E-state index in [0.717, 1.165) is 25.3 Å². The zero-order valence-electron chi connectivity index (χ0n) is 8.94. The van der Waals surface area contributed by atoms with Gasteiger partial charge in [-0.25, -0.2) is 4.98 Å². The van der Waals surface area contributed by atoms with Gasteiger partial charge in [0.2, 0.25) is 0 Å². The molecule has 2 heterocycles. The second-order valence-corrected chi connectivity index (χ2v) is 3.99. The van der Waals surface area contributed by atoms with Gasteiger partial charge in [-0.05, 0) is 25.5 Å². The number of rotatable bonds is 3. The van der Waals surface area contributed by atoms with Gasteiger partial charge in [-0.2, -0.15) is 0 Å². The number of nitrogens with two attached hydrogens (primary N) is 1. The van der Waals surface area contributed by atoms with Crippen LogP contribution in [0.2, 0.25) is 0 Å². The fourth-order valence-electron chi connectivity index (χ4n) is 1.85. The van der Waals surface area contributed by atoms with Gasteiger partial charge in [-0.15, -0.1) is 0 Å². The average Bonchev–Trinajstić information content (AvgIpc) is 2.74. The molecule has 1 fully saturated rings. The lowest BCUT2D eigenvalue weighted by molar-refractivity contribution is 0.183. The molecule has 0 amide bonds. The lowest BCUT2D eigenvalue weighted by atomic mass is 10.0. The molecule has 1 aliphatic rings.